The first kappa shape index (κ1) is 21.7. The molecule has 14 heteroatoms. The molecule has 27 heavy (non-hydrogen) atoms. The van der Waals surface area contributed by atoms with E-state index in [4.69, 9.17) is 9.47 Å². The van der Waals surface area contributed by atoms with Crippen molar-refractivity contribution >= 4 is 57.1 Å². The summed E-state index contributed by atoms with van der Waals surface area (Å²) in [6, 6.07) is 0. The smallest absolute Gasteiger partial charge is 0.293 e. The molecule has 0 N–H and O–H groups in total. The average molecular weight is 451 g/mol. The highest BCUT2D eigenvalue weighted by Gasteiger charge is 2.14. The van der Waals surface area contributed by atoms with Crippen LogP contribution in [0.2, 0.25) is 0 Å². The van der Waals surface area contributed by atoms with Crippen LogP contribution in [0.25, 0.3) is 0 Å². The van der Waals surface area contributed by atoms with Crippen LogP contribution in [-0.2, 0) is 0 Å². The molecular weight excluding hydrogens is 432 g/mol. The van der Waals surface area contributed by atoms with Gasteiger partial charge in [0.05, 0.1) is 13.2 Å². The van der Waals surface area contributed by atoms with Crippen molar-refractivity contribution in [3.8, 4) is 10.4 Å². The van der Waals surface area contributed by atoms with Crippen molar-refractivity contribution in [3.05, 3.63) is 0 Å². The van der Waals surface area contributed by atoms with Crippen molar-refractivity contribution in [1.82, 2.24) is 28.5 Å². The fourth-order valence-electron chi connectivity index (χ4n) is 1.31. The minimum atomic E-state index is -0.144. The summed E-state index contributed by atoms with van der Waals surface area (Å²) in [5.41, 5.74) is 0. The number of ether oxygens (including phenoxy) is 2. The van der Waals surface area contributed by atoms with E-state index in [1.165, 1.54) is 9.80 Å². The van der Waals surface area contributed by atoms with Crippen LogP contribution in [-0.4, -0.2) is 80.4 Å². The van der Waals surface area contributed by atoms with Gasteiger partial charge in [0.15, 0.2) is 0 Å². The molecule has 2 aromatic rings. The second-order valence-corrected chi connectivity index (χ2v) is 8.53. The van der Waals surface area contributed by atoms with E-state index in [1.54, 1.807) is 28.2 Å². The molecule has 2 aromatic heterocycles. The van der Waals surface area contributed by atoms with Gasteiger partial charge >= 0.3 is 0 Å². The van der Waals surface area contributed by atoms with Gasteiger partial charge in [-0.2, -0.15) is 18.7 Å². The predicted molar refractivity (Wildman–Crippen MR) is 105 cm³/mol. The van der Waals surface area contributed by atoms with E-state index >= 15 is 0 Å². The fourth-order valence-corrected chi connectivity index (χ4v) is 3.80. The summed E-state index contributed by atoms with van der Waals surface area (Å²) in [5.74, 6) is 0. The highest BCUT2D eigenvalue weighted by molar-refractivity contribution is 8.13. The number of carbonyl (C=O) groups excluding carboxylic acids is 2. The van der Waals surface area contributed by atoms with Crippen LogP contribution >= 0.6 is 46.6 Å². The summed E-state index contributed by atoms with van der Waals surface area (Å²) >= 11 is 4.09. The molecule has 148 valence electrons. The van der Waals surface area contributed by atoms with Crippen LogP contribution < -0.4 is 9.47 Å². The number of thioether (sulfide) groups is 2. The summed E-state index contributed by atoms with van der Waals surface area (Å²) in [7, 11) is 6.66. The minimum absolute atomic E-state index is 0.144. The van der Waals surface area contributed by atoms with Crippen molar-refractivity contribution in [2.75, 3.05) is 41.4 Å². The molecule has 0 bridgehead atoms. The highest BCUT2D eigenvalue weighted by Crippen LogP contribution is 2.24. The molecule has 0 spiro atoms. The molecule has 0 saturated carbocycles. The molecule has 0 radical (unpaired) electrons. The van der Waals surface area contributed by atoms with Gasteiger partial charge in [-0.15, -0.1) is 0 Å². The highest BCUT2D eigenvalue weighted by atomic mass is 32.2. The van der Waals surface area contributed by atoms with E-state index in [9.17, 15) is 9.59 Å². The maximum absolute atomic E-state index is 11.6. The van der Waals surface area contributed by atoms with Gasteiger partial charge in [-0.05, 0) is 0 Å². The molecule has 0 fully saturated rings. The summed E-state index contributed by atoms with van der Waals surface area (Å²) in [6.45, 7) is 0.779. The molecule has 10 nitrogen and oxygen atoms in total. The molecule has 0 saturated heterocycles. The first-order valence-corrected chi connectivity index (χ1v) is 10.7. The number of amides is 2. The molecule has 0 atom stereocenters. The van der Waals surface area contributed by atoms with E-state index in [2.05, 4.69) is 18.7 Å². The molecule has 0 aliphatic carbocycles. The maximum Gasteiger partial charge on any atom is 0.293 e. The Balaban J connectivity index is 1.65. The zero-order chi connectivity index (χ0) is 19.8. The van der Waals surface area contributed by atoms with Crippen molar-refractivity contribution in [2.24, 2.45) is 0 Å². The summed E-state index contributed by atoms with van der Waals surface area (Å²) in [5, 5.41) is 1.26. The van der Waals surface area contributed by atoms with Crippen LogP contribution in [0.15, 0.2) is 10.3 Å². The van der Waals surface area contributed by atoms with Crippen molar-refractivity contribution in [1.29, 1.82) is 0 Å². The van der Waals surface area contributed by atoms with Gasteiger partial charge in [-0.1, -0.05) is 0 Å². The lowest BCUT2D eigenvalue weighted by Gasteiger charge is -2.06. The largest absolute Gasteiger partial charge is 0.469 e. The third-order valence-electron chi connectivity index (χ3n) is 2.60. The van der Waals surface area contributed by atoms with E-state index in [1.807, 2.05) is 0 Å². The Bertz CT molecular complexity index is 703. The SMILES string of the molecule is CN(C)C(=O)Sc1nsc(OCCCOc2nc(SC(=O)N(C)C)ns2)n1. The normalized spacial score (nSPS) is 10.5. The lowest BCUT2D eigenvalue weighted by atomic mass is 10.5. The van der Waals surface area contributed by atoms with Crippen molar-refractivity contribution in [3.63, 3.8) is 0 Å². The fraction of sp³-hybridized carbons (Fsp3) is 0.538. The molecule has 0 aliphatic rings. The molecule has 0 unspecified atom stereocenters. The summed E-state index contributed by atoms with van der Waals surface area (Å²) < 4.78 is 19.1. The molecular formula is C13H18N6O4S4. The Morgan fingerprint density at radius 2 is 1.26 bits per heavy atom. The van der Waals surface area contributed by atoms with E-state index in [-0.39, 0.29) is 10.5 Å². The topological polar surface area (TPSA) is 111 Å². The number of aromatic nitrogens is 4. The average Bonchev–Trinajstić information content (AvgIpc) is 3.24. The van der Waals surface area contributed by atoms with Crippen molar-refractivity contribution in [2.45, 2.75) is 16.7 Å². The molecule has 2 heterocycles. The summed E-state index contributed by atoms with van der Waals surface area (Å²) in [6.07, 6.45) is 0.609. The van der Waals surface area contributed by atoms with Gasteiger partial charge in [-0.25, -0.2) is 0 Å². The Labute approximate surface area is 173 Å². The third kappa shape index (κ3) is 7.48. The van der Waals surface area contributed by atoms with E-state index < -0.39 is 0 Å². The van der Waals surface area contributed by atoms with Crippen molar-refractivity contribution < 1.29 is 19.1 Å². The monoisotopic (exact) mass is 450 g/mol. The standard InChI is InChI=1S/C13H18N6O4S4/c1-18(2)12(20)24-8-14-10(26-16-8)22-6-5-7-23-11-15-9(17-27-11)25-13(21)19(3)4/h5-7H2,1-4H3. The number of carbonyl (C=O) groups is 2. The van der Waals surface area contributed by atoms with Crippen LogP contribution in [0.4, 0.5) is 9.59 Å². The molecule has 2 amide bonds. The molecule has 0 aliphatic heterocycles. The Hall–Kier alpha value is -1.64. The lowest BCUT2D eigenvalue weighted by Crippen LogP contribution is -2.16. The van der Waals surface area contributed by atoms with Crippen LogP contribution in [0.5, 0.6) is 10.4 Å². The summed E-state index contributed by atoms with van der Waals surface area (Å²) in [4.78, 5) is 34.3. The third-order valence-corrected chi connectivity index (χ3v) is 5.90. The van der Waals surface area contributed by atoms with Crippen LogP contribution in [0, 0.1) is 0 Å². The van der Waals surface area contributed by atoms with Gasteiger partial charge in [0.25, 0.3) is 20.9 Å². The quantitative estimate of drug-likeness (QED) is 0.439. The second-order valence-electron chi connectivity index (χ2n) is 5.26. The van der Waals surface area contributed by atoms with Gasteiger partial charge in [0.1, 0.15) is 0 Å². The maximum atomic E-state index is 11.6. The lowest BCUT2D eigenvalue weighted by molar-refractivity contribution is 0.240. The first-order valence-electron chi connectivity index (χ1n) is 7.56. The minimum Gasteiger partial charge on any atom is -0.469 e. The molecule has 2 rings (SSSR count). The number of nitrogens with zero attached hydrogens (tertiary/aromatic N) is 6. The van der Waals surface area contributed by atoms with Gasteiger partial charge < -0.3 is 19.3 Å². The van der Waals surface area contributed by atoms with E-state index in [0.29, 0.717) is 40.3 Å². The van der Waals surface area contributed by atoms with Gasteiger partial charge in [0, 0.05) is 81.2 Å². The van der Waals surface area contributed by atoms with Gasteiger partial charge in [-0.3, -0.25) is 9.59 Å². The second kappa shape index (κ2) is 10.6. The number of hydrogen-bond donors (Lipinski definition) is 0. The van der Waals surface area contributed by atoms with Crippen LogP contribution in [0.1, 0.15) is 6.42 Å². The van der Waals surface area contributed by atoms with Gasteiger partial charge in [0.2, 0.25) is 10.3 Å². The Morgan fingerprint density at radius 1 is 0.852 bits per heavy atom. The Kier molecular flexibility index (Phi) is 8.53. The van der Waals surface area contributed by atoms with E-state index in [0.717, 1.165) is 46.6 Å². The number of rotatable bonds is 8. The van der Waals surface area contributed by atoms with Crippen LogP contribution in [0.3, 0.4) is 0 Å². The zero-order valence-corrected chi connectivity index (χ0v) is 18.3. The molecule has 0 aromatic carbocycles. The zero-order valence-electron chi connectivity index (χ0n) is 15.1. The number of hydrogen-bond acceptors (Lipinski definition) is 12. The predicted octanol–water partition coefficient (Wildman–Crippen LogP) is 2.78. The first-order chi connectivity index (χ1) is 12.8. The Morgan fingerprint density at radius 3 is 1.63 bits per heavy atom.